The van der Waals surface area contributed by atoms with Crippen LogP contribution in [0.1, 0.15) is 45.1 Å². The van der Waals surface area contributed by atoms with Crippen molar-refractivity contribution in [3.05, 3.63) is 269 Å². The van der Waals surface area contributed by atoms with Crippen molar-refractivity contribution >= 4 is 22.2 Å². The molecule has 59 heavy (non-hydrogen) atoms. The van der Waals surface area contributed by atoms with Crippen LogP contribution in [-0.2, 0) is 5.41 Å². The number of benzene rings is 9. The molecule has 278 valence electrons. The summed E-state index contributed by atoms with van der Waals surface area (Å²) in [5.41, 5.74) is 17.3. The molecule has 0 saturated carbocycles. The van der Waals surface area contributed by atoms with Gasteiger partial charge in [-0.15, -0.1) is 0 Å². The van der Waals surface area contributed by atoms with Gasteiger partial charge < -0.3 is 5.32 Å². The highest BCUT2D eigenvalue weighted by Gasteiger charge is 2.47. The molecule has 0 bridgehead atoms. The number of hydrogen-bond donors (Lipinski definition) is 1. The standard InChI is InChI=1S/C57H40N2/c1-6-19-39(20-7-1)52-38-53(59-56(58-52)41-23-10-3-11-24-41)45-27-18-26-42(35-45)43-33-34-49-50(36-43)57(46-28-12-4-13-29-46,47-30-14-5-15-31-47)51-37-44-25-16-17-32-48(44)54(55(49)51)40-21-8-2-9-22-40/h1-38,56,58H. The third-order valence-corrected chi connectivity index (χ3v) is 12.2. The van der Waals surface area contributed by atoms with E-state index in [2.05, 4.69) is 236 Å². The van der Waals surface area contributed by atoms with Gasteiger partial charge in [-0.05, 0) is 102 Å². The molecule has 2 nitrogen and oxygen atoms in total. The van der Waals surface area contributed by atoms with Crippen LogP contribution in [0, 0.1) is 0 Å². The average Bonchev–Trinajstić information content (AvgIpc) is 3.61. The Morgan fingerprint density at radius 2 is 0.966 bits per heavy atom. The Labute approximate surface area is 345 Å². The Balaban J connectivity index is 1.14. The predicted octanol–water partition coefficient (Wildman–Crippen LogP) is 13.7. The number of nitrogens with zero attached hydrogens (tertiary/aromatic N) is 1. The second-order valence-electron chi connectivity index (χ2n) is 15.5. The summed E-state index contributed by atoms with van der Waals surface area (Å²) < 4.78 is 0. The number of rotatable bonds is 7. The summed E-state index contributed by atoms with van der Waals surface area (Å²) in [6, 6.07) is 81.6. The summed E-state index contributed by atoms with van der Waals surface area (Å²) in [6.45, 7) is 0. The molecule has 0 radical (unpaired) electrons. The lowest BCUT2D eigenvalue weighted by Gasteiger charge is -2.34. The fraction of sp³-hybridized carbons (Fsp3) is 0.0351. The molecule has 9 aromatic rings. The van der Waals surface area contributed by atoms with E-state index in [1.54, 1.807) is 0 Å². The van der Waals surface area contributed by atoms with Gasteiger partial charge in [-0.2, -0.15) is 0 Å². The van der Waals surface area contributed by atoms with Crippen molar-refractivity contribution in [2.45, 2.75) is 11.6 Å². The first kappa shape index (κ1) is 34.7. The molecule has 0 aromatic heterocycles. The Bertz CT molecular complexity index is 3000. The largest absolute Gasteiger partial charge is 0.360 e. The molecule has 1 heterocycles. The third kappa shape index (κ3) is 5.84. The minimum Gasteiger partial charge on any atom is -0.360 e. The maximum atomic E-state index is 5.31. The number of hydrogen-bond acceptors (Lipinski definition) is 2. The van der Waals surface area contributed by atoms with Gasteiger partial charge in [0.2, 0.25) is 0 Å². The molecule has 1 unspecified atom stereocenters. The molecule has 1 aliphatic heterocycles. The minimum atomic E-state index is -0.566. The second kappa shape index (κ2) is 14.4. The van der Waals surface area contributed by atoms with Crippen LogP contribution in [0.15, 0.2) is 236 Å². The van der Waals surface area contributed by atoms with Crippen molar-refractivity contribution in [2.75, 3.05) is 0 Å². The summed E-state index contributed by atoms with van der Waals surface area (Å²) in [5.74, 6) is 0. The Morgan fingerprint density at radius 1 is 0.407 bits per heavy atom. The first-order valence-electron chi connectivity index (χ1n) is 20.4. The van der Waals surface area contributed by atoms with Crippen LogP contribution in [-0.4, -0.2) is 5.71 Å². The van der Waals surface area contributed by atoms with Crippen molar-refractivity contribution in [3.63, 3.8) is 0 Å². The van der Waals surface area contributed by atoms with Crippen molar-refractivity contribution in [2.24, 2.45) is 4.99 Å². The summed E-state index contributed by atoms with van der Waals surface area (Å²) in [5, 5.41) is 6.21. The van der Waals surface area contributed by atoms with Gasteiger partial charge in [0.15, 0.2) is 0 Å². The zero-order valence-corrected chi connectivity index (χ0v) is 32.5. The van der Waals surface area contributed by atoms with E-state index in [0.29, 0.717) is 0 Å². The zero-order chi connectivity index (χ0) is 39.2. The van der Waals surface area contributed by atoms with E-state index >= 15 is 0 Å². The molecule has 1 aliphatic carbocycles. The maximum Gasteiger partial charge on any atom is 0.145 e. The SMILES string of the molecule is C1=C(c2ccccc2)NC(c2ccccc2)N=C1c1cccc(-c2ccc3c(c2)C(c2ccccc2)(c2ccccc2)c2cc4ccccc4c(-c4ccccc4)c2-3)c1. The maximum absolute atomic E-state index is 5.31. The van der Waals surface area contributed by atoms with Crippen LogP contribution in [0.2, 0.25) is 0 Å². The lowest BCUT2D eigenvalue weighted by Crippen LogP contribution is -2.28. The van der Waals surface area contributed by atoms with Crippen molar-refractivity contribution in [1.82, 2.24) is 5.32 Å². The molecule has 9 aromatic carbocycles. The fourth-order valence-electron chi connectivity index (χ4n) is 9.52. The van der Waals surface area contributed by atoms with E-state index in [4.69, 9.17) is 4.99 Å². The van der Waals surface area contributed by atoms with Gasteiger partial charge >= 0.3 is 0 Å². The quantitative estimate of drug-likeness (QED) is 0.172. The van der Waals surface area contributed by atoms with Gasteiger partial charge in [0.25, 0.3) is 0 Å². The van der Waals surface area contributed by atoms with E-state index in [-0.39, 0.29) is 6.17 Å². The van der Waals surface area contributed by atoms with Gasteiger partial charge in [0.05, 0.1) is 11.1 Å². The van der Waals surface area contributed by atoms with E-state index < -0.39 is 5.41 Å². The lowest BCUT2D eigenvalue weighted by atomic mass is 9.67. The van der Waals surface area contributed by atoms with Crippen molar-refractivity contribution < 1.29 is 0 Å². The van der Waals surface area contributed by atoms with Crippen molar-refractivity contribution in [1.29, 1.82) is 0 Å². The molecular formula is C57H40N2. The van der Waals surface area contributed by atoms with E-state index in [1.807, 2.05) is 0 Å². The number of fused-ring (bicyclic) bond motifs is 4. The minimum absolute atomic E-state index is 0.208. The highest BCUT2D eigenvalue weighted by atomic mass is 15.1. The summed E-state index contributed by atoms with van der Waals surface area (Å²) >= 11 is 0. The summed E-state index contributed by atoms with van der Waals surface area (Å²) in [4.78, 5) is 5.31. The van der Waals surface area contributed by atoms with Gasteiger partial charge in [-0.3, -0.25) is 4.99 Å². The molecule has 0 saturated heterocycles. The van der Waals surface area contributed by atoms with Crippen LogP contribution >= 0.6 is 0 Å². The molecule has 2 heteroatoms. The monoisotopic (exact) mass is 752 g/mol. The van der Waals surface area contributed by atoms with Crippen LogP contribution in [0.4, 0.5) is 0 Å². The van der Waals surface area contributed by atoms with E-state index in [0.717, 1.165) is 33.7 Å². The van der Waals surface area contributed by atoms with Gasteiger partial charge in [0, 0.05) is 11.3 Å². The zero-order valence-electron chi connectivity index (χ0n) is 32.5. The van der Waals surface area contributed by atoms with Crippen LogP contribution in [0.25, 0.3) is 49.9 Å². The Morgan fingerprint density at radius 3 is 1.66 bits per heavy atom. The van der Waals surface area contributed by atoms with Crippen molar-refractivity contribution in [3.8, 4) is 33.4 Å². The average molecular weight is 753 g/mol. The molecule has 1 atom stereocenters. The van der Waals surface area contributed by atoms with Gasteiger partial charge in [-0.25, -0.2) is 0 Å². The first-order chi connectivity index (χ1) is 29.3. The molecule has 11 rings (SSSR count). The van der Waals surface area contributed by atoms with Gasteiger partial charge in [-0.1, -0.05) is 206 Å². The third-order valence-electron chi connectivity index (χ3n) is 12.2. The highest BCUT2D eigenvalue weighted by Crippen LogP contribution is 2.60. The van der Waals surface area contributed by atoms with E-state index in [1.165, 1.54) is 60.8 Å². The normalized spacial score (nSPS) is 15.1. The molecule has 0 spiro atoms. The van der Waals surface area contributed by atoms with Gasteiger partial charge in [0.1, 0.15) is 6.17 Å². The molecule has 0 amide bonds. The van der Waals surface area contributed by atoms with Crippen LogP contribution in [0.3, 0.4) is 0 Å². The fourth-order valence-corrected chi connectivity index (χ4v) is 9.52. The predicted molar refractivity (Wildman–Crippen MR) is 245 cm³/mol. The van der Waals surface area contributed by atoms with Crippen LogP contribution < -0.4 is 5.32 Å². The van der Waals surface area contributed by atoms with E-state index in [9.17, 15) is 0 Å². The molecule has 2 aliphatic rings. The molecule has 1 N–H and O–H groups in total. The topological polar surface area (TPSA) is 24.4 Å². The molecule has 0 fully saturated rings. The number of nitrogens with one attached hydrogen (secondary N) is 1. The second-order valence-corrected chi connectivity index (χ2v) is 15.5. The summed E-state index contributed by atoms with van der Waals surface area (Å²) in [6.07, 6.45) is 1.99. The molecular weight excluding hydrogens is 713 g/mol. The lowest BCUT2D eigenvalue weighted by molar-refractivity contribution is 0.664. The summed E-state index contributed by atoms with van der Waals surface area (Å²) in [7, 11) is 0. The number of aliphatic imine (C=N–C) groups is 1. The number of allylic oxidation sites excluding steroid dienone is 1. The van der Waals surface area contributed by atoms with Crippen LogP contribution in [0.5, 0.6) is 0 Å². The Kier molecular flexibility index (Phi) is 8.48. The first-order valence-corrected chi connectivity index (χ1v) is 20.4. The smallest absolute Gasteiger partial charge is 0.145 e. The Hall–Kier alpha value is -7.55. The highest BCUT2D eigenvalue weighted by molar-refractivity contribution is 6.14.